The number of nitrogen functional groups attached to an aromatic ring is 1. The minimum absolute atomic E-state index is 0.109. The van der Waals surface area contributed by atoms with Gasteiger partial charge in [0.2, 0.25) is 10.0 Å². The highest BCUT2D eigenvalue weighted by molar-refractivity contribution is 7.89. The fourth-order valence-electron chi connectivity index (χ4n) is 1.98. The molecule has 112 valence electrons. The summed E-state index contributed by atoms with van der Waals surface area (Å²) in [7, 11) is -3.64. The van der Waals surface area contributed by atoms with Crippen molar-refractivity contribution in [3.63, 3.8) is 0 Å². The smallest absolute Gasteiger partial charge is 0.242 e. The standard InChI is InChI=1S/C13H20N2O4S/c1-9-5-12(14)13(6-10(9)2)20(16,17)15-7-11-8-18-3-4-19-11/h5-6,11,15H,3-4,7-8,14H2,1-2H3. The van der Waals surface area contributed by atoms with Gasteiger partial charge in [-0.2, -0.15) is 0 Å². The fraction of sp³-hybridized carbons (Fsp3) is 0.538. The van der Waals surface area contributed by atoms with E-state index in [4.69, 9.17) is 15.2 Å². The summed E-state index contributed by atoms with van der Waals surface area (Å²) in [5, 5.41) is 0. The minimum Gasteiger partial charge on any atom is -0.398 e. The van der Waals surface area contributed by atoms with E-state index in [1.807, 2.05) is 13.8 Å². The quantitative estimate of drug-likeness (QED) is 0.794. The van der Waals surface area contributed by atoms with Crippen molar-refractivity contribution < 1.29 is 17.9 Å². The van der Waals surface area contributed by atoms with Crippen molar-refractivity contribution in [3.8, 4) is 0 Å². The summed E-state index contributed by atoms with van der Waals surface area (Å²) in [5.74, 6) is 0. The number of benzene rings is 1. The second-order valence-electron chi connectivity index (χ2n) is 4.89. The van der Waals surface area contributed by atoms with Gasteiger partial charge in [-0.05, 0) is 37.1 Å². The van der Waals surface area contributed by atoms with Crippen molar-refractivity contribution in [2.75, 3.05) is 32.1 Å². The zero-order chi connectivity index (χ0) is 14.8. The molecule has 1 unspecified atom stereocenters. The molecule has 1 aromatic rings. The molecule has 1 heterocycles. The lowest BCUT2D eigenvalue weighted by Crippen LogP contribution is -2.39. The Labute approximate surface area is 119 Å². The van der Waals surface area contributed by atoms with Gasteiger partial charge < -0.3 is 15.2 Å². The minimum atomic E-state index is -3.64. The van der Waals surface area contributed by atoms with Gasteiger partial charge in [-0.25, -0.2) is 13.1 Å². The van der Waals surface area contributed by atoms with Crippen molar-refractivity contribution in [2.45, 2.75) is 24.8 Å². The highest BCUT2D eigenvalue weighted by Gasteiger charge is 2.22. The van der Waals surface area contributed by atoms with Gasteiger partial charge >= 0.3 is 0 Å². The van der Waals surface area contributed by atoms with Gasteiger partial charge in [0, 0.05) is 6.54 Å². The summed E-state index contributed by atoms with van der Waals surface area (Å²) in [6.07, 6.45) is -0.258. The summed E-state index contributed by atoms with van der Waals surface area (Å²) >= 11 is 0. The van der Waals surface area contributed by atoms with Crippen LogP contribution in [0.2, 0.25) is 0 Å². The van der Waals surface area contributed by atoms with E-state index in [9.17, 15) is 8.42 Å². The molecule has 0 bridgehead atoms. The van der Waals surface area contributed by atoms with Crippen LogP contribution >= 0.6 is 0 Å². The normalized spacial score (nSPS) is 20.0. The van der Waals surface area contributed by atoms with Crippen LogP contribution in [-0.4, -0.2) is 40.9 Å². The van der Waals surface area contributed by atoms with E-state index in [-0.39, 0.29) is 23.2 Å². The molecule has 6 nitrogen and oxygen atoms in total. The van der Waals surface area contributed by atoms with Crippen molar-refractivity contribution in [1.82, 2.24) is 4.72 Å². The molecule has 20 heavy (non-hydrogen) atoms. The number of anilines is 1. The molecule has 0 saturated carbocycles. The van der Waals surface area contributed by atoms with Gasteiger partial charge in [0.25, 0.3) is 0 Å². The third-order valence-electron chi connectivity index (χ3n) is 3.30. The molecule has 1 aliphatic rings. The monoisotopic (exact) mass is 300 g/mol. The Morgan fingerprint density at radius 2 is 2.00 bits per heavy atom. The van der Waals surface area contributed by atoms with E-state index < -0.39 is 10.0 Å². The first-order valence-corrected chi connectivity index (χ1v) is 7.94. The predicted octanol–water partition coefficient (Wildman–Crippen LogP) is 0.579. The van der Waals surface area contributed by atoms with Crippen molar-refractivity contribution >= 4 is 15.7 Å². The van der Waals surface area contributed by atoms with E-state index in [0.717, 1.165) is 11.1 Å². The van der Waals surface area contributed by atoms with Crippen molar-refractivity contribution in [1.29, 1.82) is 0 Å². The van der Waals surface area contributed by atoms with Crippen molar-refractivity contribution in [3.05, 3.63) is 23.3 Å². The molecule has 0 aromatic heterocycles. The average Bonchev–Trinajstić information content (AvgIpc) is 2.42. The van der Waals surface area contributed by atoms with Crippen LogP contribution in [0.25, 0.3) is 0 Å². The lowest BCUT2D eigenvalue weighted by molar-refractivity contribution is -0.0846. The largest absolute Gasteiger partial charge is 0.398 e. The van der Waals surface area contributed by atoms with Gasteiger partial charge in [-0.1, -0.05) is 0 Å². The fourth-order valence-corrected chi connectivity index (χ4v) is 3.24. The number of nitrogens with two attached hydrogens (primary N) is 1. The Hall–Kier alpha value is -1.15. The first-order valence-electron chi connectivity index (χ1n) is 6.46. The van der Waals surface area contributed by atoms with Gasteiger partial charge in [0.05, 0.1) is 31.6 Å². The summed E-state index contributed by atoms with van der Waals surface area (Å²) in [6, 6.07) is 3.26. The van der Waals surface area contributed by atoms with Crippen LogP contribution in [0.15, 0.2) is 17.0 Å². The Morgan fingerprint density at radius 3 is 2.65 bits per heavy atom. The zero-order valence-electron chi connectivity index (χ0n) is 11.7. The molecule has 1 fully saturated rings. The number of hydrogen-bond acceptors (Lipinski definition) is 5. The first-order chi connectivity index (χ1) is 9.40. The van der Waals surface area contributed by atoms with Gasteiger partial charge in [0.15, 0.2) is 0 Å². The number of rotatable bonds is 4. The maximum absolute atomic E-state index is 12.3. The maximum atomic E-state index is 12.3. The van der Waals surface area contributed by atoms with Gasteiger partial charge in [-0.3, -0.25) is 0 Å². The third-order valence-corrected chi connectivity index (χ3v) is 4.78. The summed E-state index contributed by atoms with van der Waals surface area (Å²) in [4.78, 5) is 0.109. The molecule has 1 atom stereocenters. The third kappa shape index (κ3) is 3.49. The molecule has 1 saturated heterocycles. The zero-order valence-corrected chi connectivity index (χ0v) is 12.5. The molecule has 0 radical (unpaired) electrons. The maximum Gasteiger partial charge on any atom is 0.242 e. The van der Waals surface area contributed by atoms with E-state index in [0.29, 0.717) is 19.8 Å². The molecule has 3 N–H and O–H groups in total. The van der Waals surface area contributed by atoms with Crippen LogP contribution in [0.4, 0.5) is 5.69 Å². The number of sulfonamides is 1. The second kappa shape index (κ2) is 6.09. The second-order valence-corrected chi connectivity index (χ2v) is 6.63. The Kier molecular flexibility index (Phi) is 4.64. The molecule has 0 spiro atoms. The topological polar surface area (TPSA) is 90.7 Å². The van der Waals surface area contributed by atoms with Crippen molar-refractivity contribution in [2.24, 2.45) is 0 Å². The number of aryl methyl sites for hydroxylation is 2. The highest BCUT2D eigenvalue weighted by Crippen LogP contribution is 2.22. The summed E-state index contributed by atoms with van der Waals surface area (Å²) in [6.45, 7) is 5.35. The molecule has 2 rings (SSSR count). The molecule has 0 amide bonds. The first kappa shape index (κ1) is 15.2. The predicted molar refractivity (Wildman–Crippen MR) is 76.1 cm³/mol. The van der Waals surface area contributed by atoms with Crippen LogP contribution in [0.3, 0.4) is 0 Å². The number of nitrogens with one attached hydrogen (secondary N) is 1. The van der Waals surface area contributed by atoms with E-state index in [2.05, 4.69) is 4.72 Å². The Morgan fingerprint density at radius 1 is 1.30 bits per heavy atom. The van der Waals surface area contributed by atoms with Crippen LogP contribution < -0.4 is 10.5 Å². The van der Waals surface area contributed by atoms with E-state index in [1.165, 1.54) is 0 Å². The van der Waals surface area contributed by atoms with Crippen LogP contribution in [-0.2, 0) is 19.5 Å². The Balaban J connectivity index is 2.11. The number of hydrogen-bond donors (Lipinski definition) is 2. The Bertz CT molecular complexity index is 580. The SMILES string of the molecule is Cc1cc(N)c(S(=O)(=O)NCC2COCCO2)cc1C. The van der Waals surface area contributed by atoms with Gasteiger partial charge in [0.1, 0.15) is 4.90 Å². The molecule has 1 aromatic carbocycles. The van der Waals surface area contributed by atoms with Gasteiger partial charge in [-0.15, -0.1) is 0 Å². The average molecular weight is 300 g/mol. The molecule has 1 aliphatic heterocycles. The van der Waals surface area contributed by atoms with Crippen LogP contribution in [0.1, 0.15) is 11.1 Å². The van der Waals surface area contributed by atoms with E-state index in [1.54, 1.807) is 12.1 Å². The number of ether oxygens (including phenoxy) is 2. The lowest BCUT2D eigenvalue weighted by Gasteiger charge is -2.23. The molecule has 0 aliphatic carbocycles. The lowest BCUT2D eigenvalue weighted by atomic mass is 10.1. The molecular formula is C13H20N2O4S. The summed E-state index contributed by atoms with van der Waals surface area (Å²) in [5.41, 5.74) is 7.91. The highest BCUT2D eigenvalue weighted by atomic mass is 32.2. The van der Waals surface area contributed by atoms with Crippen LogP contribution in [0, 0.1) is 13.8 Å². The van der Waals surface area contributed by atoms with E-state index >= 15 is 0 Å². The molecule has 7 heteroatoms. The summed E-state index contributed by atoms with van der Waals surface area (Å²) < 4.78 is 37.7. The van der Waals surface area contributed by atoms with Crippen LogP contribution in [0.5, 0.6) is 0 Å². The molecular weight excluding hydrogens is 280 g/mol.